The van der Waals surface area contributed by atoms with E-state index in [0.717, 1.165) is 0 Å². The lowest BCUT2D eigenvalue weighted by Gasteiger charge is -2.09. The van der Waals surface area contributed by atoms with Gasteiger partial charge in [0.1, 0.15) is 0 Å². The Balaban J connectivity index is 3.21. The van der Waals surface area contributed by atoms with Gasteiger partial charge in [-0.1, -0.05) is 6.07 Å². The largest absolute Gasteiger partial charge is 0.493 e. The van der Waals surface area contributed by atoms with Gasteiger partial charge in [-0.2, -0.15) is 5.26 Å². The second kappa shape index (κ2) is 4.47. The highest BCUT2D eigenvalue weighted by Gasteiger charge is 2.13. The number of nitriles is 1. The highest BCUT2D eigenvalue weighted by atomic mass is 19.1. The highest BCUT2D eigenvalue weighted by Crippen LogP contribution is 2.31. The number of hydrogen-bond donors (Lipinski definition) is 0. The van der Waals surface area contributed by atoms with E-state index in [9.17, 15) is 4.39 Å². The summed E-state index contributed by atoms with van der Waals surface area (Å²) in [4.78, 5) is 0. The maximum Gasteiger partial charge on any atom is 0.197 e. The van der Waals surface area contributed by atoms with Gasteiger partial charge in [0.2, 0.25) is 0 Å². The quantitative estimate of drug-likeness (QED) is 0.739. The number of benzene rings is 1. The summed E-state index contributed by atoms with van der Waals surface area (Å²) in [7, 11) is 2.79. The number of nitrogens with zero attached hydrogens (tertiary/aromatic N) is 1. The lowest BCUT2D eigenvalue weighted by atomic mass is 10.1. The first-order chi connectivity index (χ1) is 6.74. The highest BCUT2D eigenvalue weighted by molar-refractivity contribution is 5.45. The van der Waals surface area contributed by atoms with E-state index in [1.54, 1.807) is 6.07 Å². The minimum absolute atomic E-state index is 0.0200. The van der Waals surface area contributed by atoms with E-state index in [2.05, 4.69) is 0 Å². The zero-order chi connectivity index (χ0) is 10.6. The van der Waals surface area contributed by atoms with Crippen LogP contribution in [0.1, 0.15) is 5.56 Å². The van der Waals surface area contributed by atoms with Crippen molar-refractivity contribution < 1.29 is 13.9 Å². The number of halogens is 1. The molecule has 0 aliphatic rings. The zero-order valence-electron chi connectivity index (χ0n) is 8.00. The molecule has 1 aromatic rings. The first kappa shape index (κ1) is 10.3. The van der Waals surface area contributed by atoms with Crippen LogP contribution in [0.5, 0.6) is 11.5 Å². The van der Waals surface area contributed by atoms with Gasteiger partial charge in [-0.3, -0.25) is 0 Å². The molecule has 0 spiro atoms. The van der Waals surface area contributed by atoms with Crippen LogP contribution in [0.25, 0.3) is 0 Å². The molecule has 0 aliphatic heterocycles. The molecule has 0 aromatic heterocycles. The van der Waals surface area contributed by atoms with Crippen LogP contribution in [0, 0.1) is 17.1 Å². The fourth-order valence-electron chi connectivity index (χ4n) is 1.15. The fraction of sp³-hybridized carbons (Fsp3) is 0.300. The predicted molar refractivity (Wildman–Crippen MR) is 48.8 cm³/mol. The van der Waals surface area contributed by atoms with Crippen molar-refractivity contribution in [1.82, 2.24) is 0 Å². The Bertz CT molecular complexity index is 371. The summed E-state index contributed by atoms with van der Waals surface area (Å²) in [5.41, 5.74) is 0.310. The molecular formula is C10H10FNO2. The molecule has 0 aliphatic carbocycles. The molecule has 0 bridgehead atoms. The van der Waals surface area contributed by atoms with E-state index in [-0.39, 0.29) is 12.2 Å². The molecule has 0 atom stereocenters. The average Bonchev–Trinajstić information content (AvgIpc) is 2.21. The van der Waals surface area contributed by atoms with Crippen molar-refractivity contribution >= 4 is 0 Å². The van der Waals surface area contributed by atoms with Crippen molar-refractivity contribution in [3.8, 4) is 17.6 Å². The Hall–Kier alpha value is -1.76. The zero-order valence-corrected chi connectivity index (χ0v) is 8.00. The topological polar surface area (TPSA) is 42.2 Å². The van der Waals surface area contributed by atoms with Gasteiger partial charge < -0.3 is 9.47 Å². The SMILES string of the molecule is COc1ccc(CC#N)c(F)c1OC. The van der Waals surface area contributed by atoms with Gasteiger partial charge in [-0.05, 0) is 6.07 Å². The summed E-state index contributed by atoms with van der Waals surface area (Å²) < 4.78 is 23.3. The van der Waals surface area contributed by atoms with Crippen LogP contribution >= 0.6 is 0 Å². The first-order valence-corrected chi connectivity index (χ1v) is 4.01. The smallest absolute Gasteiger partial charge is 0.197 e. The van der Waals surface area contributed by atoms with E-state index in [1.165, 1.54) is 20.3 Å². The van der Waals surface area contributed by atoms with E-state index < -0.39 is 5.82 Å². The van der Waals surface area contributed by atoms with Crippen LogP contribution in [-0.2, 0) is 6.42 Å². The monoisotopic (exact) mass is 195 g/mol. The molecule has 0 saturated carbocycles. The van der Waals surface area contributed by atoms with Gasteiger partial charge in [-0.25, -0.2) is 4.39 Å². The normalized spacial score (nSPS) is 9.29. The average molecular weight is 195 g/mol. The van der Waals surface area contributed by atoms with Crippen LogP contribution < -0.4 is 9.47 Å². The molecule has 0 N–H and O–H groups in total. The minimum atomic E-state index is -0.534. The van der Waals surface area contributed by atoms with Crippen molar-refractivity contribution in [3.05, 3.63) is 23.5 Å². The molecule has 4 heteroatoms. The van der Waals surface area contributed by atoms with Gasteiger partial charge in [-0.15, -0.1) is 0 Å². The van der Waals surface area contributed by atoms with Crippen LogP contribution in [0.4, 0.5) is 4.39 Å². The number of rotatable bonds is 3. The lowest BCUT2D eigenvalue weighted by molar-refractivity contribution is 0.336. The molecule has 0 fully saturated rings. The van der Waals surface area contributed by atoms with E-state index in [0.29, 0.717) is 11.3 Å². The summed E-state index contributed by atoms with van der Waals surface area (Å²) in [6.07, 6.45) is 0.0200. The molecule has 14 heavy (non-hydrogen) atoms. The first-order valence-electron chi connectivity index (χ1n) is 4.01. The molecule has 0 heterocycles. The summed E-state index contributed by atoms with van der Waals surface area (Å²) in [6.45, 7) is 0. The van der Waals surface area contributed by atoms with Gasteiger partial charge in [0.15, 0.2) is 17.3 Å². The third-order valence-electron chi connectivity index (χ3n) is 1.83. The Morgan fingerprint density at radius 2 is 2.07 bits per heavy atom. The molecule has 1 aromatic carbocycles. The lowest BCUT2D eigenvalue weighted by Crippen LogP contribution is -1.97. The van der Waals surface area contributed by atoms with Crippen LogP contribution in [-0.4, -0.2) is 14.2 Å². The second-order valence-corrected chi connectivity index (χ2v) is 2.61. The minimum Gasteiger partial charge on any atom is -0.493 e. The van der Waals surface area contributed by atoms with Crippen LogP contribution in [0.2, 0.25) is 0 Å². The standard InChI is InChI=1S/C10H10FNO2/c1-13-8-4-3-7(5-6-12)9(11)10(8)14-2/h3-4H,5H2,1-2H3. The third-order valence-corrected chi connectivity index (χ3v) is 1.83. The van der Waals surface area contributed by atoms with Crippen molar-refractivity contribution in [2.75, 3.05) is 14.2 Å². The van der Waals surface area contributed by atoms with Crippen LogP contribution in [0.15, 0.2) is 12.1 Å². The van der Waals surface area contributed by atoms with Crippen molar-refractivity contribution in [2.45, 2.75) is 6.42 Å². The third kappa shape index (κ3) is 1.77. The van der Waals surface area contributed by atoms with Crippen molar-refractivity contribution in [1.29, 1.82) is 5.26 Å². The molecular weight excluding hydrogens is 185 g/mol. The number of methoxy groups -OCH3 is 2. The molecule has 0 saturated heterocycles. The van der Waals surface area contributed by atoms with Gasteiger partial charge in [0.05, 0.1) is 26.7 Å². The fourth-order valence-corrected chi connectivity index (χ4v) is 1.15. The Kier molecular flexibility index (Phi) is 3.29. The van der Waals surface area contributed by atoms with Gasteiger partial charge in [0, 0.05) is 5.56 Å². The summed E-state index contributed by atoms with van der Waals surface area (Å²) in [5, 5.41) is 8.45. The molecule has 0 radical (unpaired) electrons. The molecule has 0 unspecified atom stereocenters. The molecule has 0 amide bonds. The van der Waals surface area contributed by atoms with Gasteiger partial charge >= 0.3 is 0 Å². The number of hydrogen-bond acceptors (Lipinski definition) is 3. The van der Waals surface area contributed by atoms with Crippen LogP contribution in [0.3, 0.4) is 0 Å². The van der Waals surface area contributed by atoms with E-state index >= 15 is 0 Å². The maximum absolute atomic E-state index is 13.6. The molecule has 1 rings (SSSR count). The Morgan fingerprint density at radius 3 is 2.57 bits per heavy atom. The Labute approximate surface area is 81.7 Å². The maximum atomic E-state index is 13.6. The van der Waals surface area contributed by atoms with E-state index in [1.807, 2.05) is 6.07 Å². The number of ether oxygens (including phenoxy) is 2. The molecule has 74 valence electrons. The predicted octanol–water partition coefficient (Wildman–Crippen LogP) is 1.91. The van der Waals surface area contributed by atoms with Crippen molar-refractivity contribution in [3.63, 3.8) is 0 Å². The van der Waals surface area contributed by atoms with Gasteiger partial charge in [0.25, 0.3) is 0 Å². The summed E-state index contributed by atoms with van der Waals surface area (Å²) in [5.74, 6) is -0.166. The summed E-state index contributed by atoms with van der Waals surface area (Å²) >= 11 is 0. The Morgan fingerprint density at radius 1 is 1.36 bits per heavy atom. The summed E-state index contributed by atoms with van der Waals surface area (Å²) in [6, 6.07) is 4.97. The second-order valence-electron chi connectivity index (χ2n) is 2.61. The van der Waals surface area contributed by atoms with E-state index in [4.69, 9.17) is 14.7 Å². The van der Waals surface area contributed by atoms with Crippen molar-refractivity contribution in [2.24, 2.45) is 0 Å². The molecule has 3 nitrogen and oxygen atoms in total.